The van der Waals surface area contributed by atoms with Crippen LogP contribution in [0.2, 0.25) is 0 Å². The van der Waals surface area contributed by atoms with Crippen LogP contribution in [0.1, 0.15) is 0 Å². The third-order valence-corrected chi connectivity index (χ3v) is 5.68. The number of anilines is 1. The molecule has 0 bridgehead atoms. The van der Waals surface area contributed by atoms with E-state index in [1.165, 1.54) is 19.2 Å². The van der Waals surface area contributed by atoms with E-state index in [1.54, 1.807) is 36.4 Å². The van der Waals surface area contributed by atoms with Gasteiger partial charge in [0.2, 0.25) is 5.89 Å². The number of aliphatic carboxylic acids is 1. The number of carboxylic acid groups (broad SMARTS) is 1. The van der Waals surface area contributed by atoms with E-state index >= 15 is 0 Å². The van der Waals surface area contributed by atoms with Crippen molar-refractivity contribution in [2.45, 2.75) is 10.1 Å². The fraction of sp³-hybridized carbons (Fsp3) is 0.118. The molecule has 28 heavy (non-hydrogen) atoms. The fourth-order valence-corrected chi connectivity index (χ4v) is 3.70. The number of carbonyl (C=O) groups is 1. The Morgan fingerprint density at radius 1 is 1.14 bits per heavy atom. The van der Waals surface area contributed by atoms with Gasteiger partial charge in [-0.15, -0.1) is 10.2 Å². The van der Waals surface area contributed by atoms with Gasteiger partial charge >= 0.3 is 5.97 Å². The number of rotatable bonds is 8. The number of hydrogen-bond donors (Lipinski definition) is 2. The van der Waals surface area contributed by atoms with Gasteiger partial charge in [0.05, 0.1) is 12.0 Å². The average Bonchev–Trinajstić information content (AvgIpc) is 3.16. The number of aromatic nitrogens is 2. The van der Waals surface area contributed by atoms with Crippen molar-refractivity contribution in [2.24, 2.45) is 0 Å². The highest BCUT2D eigenvalue weighted by molar-refractivity contribution is 7.99. The third-order valence-electron chi connectivity index (χ3n) is 3.48. The predicted molar refractivity (Wildman–Crippen MR) is 102 cm³/mol. The van der Waals surface area contributed by atoms with Crippen molar-refractivity contribution in [3.63, 3.8) is 0 Å². The maximum atomic E-state index is 12.4. The van der Waals surface area contributed by atoms with Crippen LogP contribution in [0.5, 0.6) is 5.75 Å². The highest BCUT2D eigenvalue weighted by Gasteiger charge is 2.15. The molecule has 146 valence electrons. The molecule has 1 aromatic heterocycles. The first-order valence-electron chi connectivity index (χ1n) is 7.83. The van der Waals surface area contributed by atoms with Crippen molar-refractivity contribution in [3.8, 4) is 17.2 Å². The van der Waals surface area contributed by atoms with Crippen LogP contribution in [-0.2, 0) is 14.8 Å². The van der Waals surface area contributed by atoms with E-state index in [9.17, 15) is 13.2 Å². The predicted octanol–water partition coefficient (Wildman–Crippen LogP) is 2.72. The summed E-state index contributed by atoms with van der Waals surface area (Å²) < 4.78 is 37.8. The summed E-state index contributed by atoms with van der Waals surface area (Å²) in [5, 5.41) is 16.4. The minimum atomic E-state index is -3.74. The number of ether oxygens (including phenoxy) is 1. The Kier molecular flexibility index (Phi) is 5.85. The molecule has 0 saturated heterocycles. The smallest absolute Gasteiger partial charge is 0.314 e. The van der Waals surface area contributed by atoms with E-state index in [2.05, 4.69) is 14.9 Å². The van der Waals surface area contributed by atoms with E-state index in [0.29, 0.717) is 17.0 Å². The van der Waals surface area contributed by atoms with Crippen molar-refractivity contribution >= 4 is 33.4 Å². The minimum Gasteiger partial charge on any atom is -0.497 e. The normalized spacial score (nSPS) is 11.2. The lowest BCUT2D eigenvalue weighted by Gasteiger charge is -2.09. The van der Waals surface area contributed by atoms with Crippen molar-refractivity contribution < 1.29 is 27.5 Å². The van der Waals surface area contributed by atoms with E-state index < -0.39 is 16.0 Å². The number of thioether (sulfide) groups is 1. The Morgan fingerprint density at radius 3 is 2.43 bits per heavy atom. The summed E-state index contributed by atoms with van der Waals surface area (Å²) in [6, 6.07) is 12.4. The van der Waals surface area contributed by atoms with Crippen LogP contribution in [0.15, 0.2) is 63.1 Å². The Hall–Kier alpha value is -3.05. The lowest BCUT2D eigenvalue weighted by molar-refractivity contribution is -0.133. The van der Waals surface area contributed by atoms with Crippen molar-refractivity contribution in [1.29, 1.82) is 0 Å². The molecule has 0 radical (unpaired) electrons. The highest BCUT2D eigenvalue weighted by Crippen LogP contribution is 2.25. The van der Waals surface area contributed by atoms with Gasteiger partial charge in [-0.05, 0) is 48.5 Å². The first kappa shape index (κ1) is 19.7. The zero-order valence-corrected chi connectivity index (χ0v) is 16.2. The van der Waals surface area contributed by atoms with Crippen LogP contribution in [0.4, 0.5) is 5.69 Å². The van der Waals surface area contributed by atoms with Gasteiger partial charge in [0, 0.05) is 11.3 Å². The molecule has 3 rings (SSSR count). The quantitative estimate of drug-likeness (QED) is 0.527. The fourth-order valence-electron chi connectivity index (χ4n) is 2.16. The Bertz CT molecular complexity index is 1060. The summed E-state index contributed by atoms with van der Waals surface area (Å²) in [5.74, 6) is -0.410. The van der Waals surface area contributed by atoms with E-state index in [0.717, 1.165) is 11.8 Å². The van der Waals surface area contributed by atoms with Crippen LogP contribution in [-0.4, -0.2) is 42.6 Å². The topological polar surface area (TPSA) is 132 Å². The summed E-state index contributed by atoms with van der Waals surface area (Å²) in [6.45, 7) is 0. The summed E-state index contributed by atoms with van der Waals surface area (Å²) in [6.07, 6.45) is 0. The molecular weight excluding hydrogens is 406 g/mol. The SMILES string of the molecule is COc1ccc(S(=O)(=O)Nc2ccc(-c3nnc(SCC(=O)O)o3)cc2)cc1. The molecule has 0 aliphatic heterocycles. The molecule has 1 heterocycles. The number of hydrogen-bond acceptors (Lipinski definition) is 8. The molecule has 0 fully saturated rings. The van der Waals surface area contributed by atoms with Crippen LogP contribution >= 0.6 is 11.8 Å². The lowest BCUT2D eigenvalue weighted by atomic mass is 10.2. The number of methoxy groups -OCH3 is 1. The number of benzene rings is 2. The van der Waals surface area contributed by atoms with Crippen molar-refractivity contribution in [2.75, 3.05) is 17.6 Å². The van der Waals surface area contributed by atoms with E-state index in [1.807, 2.05) is 0 Å². The summed E-state index contributed by atoms with van der Waals surface area (Å²) >= 11 is 0.915. The van der Waals surface area contributed by atoms with Gasteiger partial charge in [-0.1, -0.05) is 11.8 Å². The molecule has 0 saturated carbocycles. The van der Waals surface area contributed by atoms with Crippen molar-refractivity contribution in [3.05, 3.63) is 48.5 Å². The average molecular weight is 421 g/mol. The summed E-state index contributed by atoms with van der Waals surface area (Å²) in [5.41, 5.74) is 0.932. The Morgan fingerprint density at radius 2 is 1.82 bits per heavy atom. The van der Waals surface area contributed by atoms with E-state index in [-0.39, 0.29) is 21.8 Å². The van der Waals surface area contributed by atoms with Crippen LogP contribution in [0.25, 0.3) is 11.5 Å². The maximum Gasteiger partial charge on any atom is 0.314 e. The molecule has 0 unspecified atom stereocenters. The second kappa shape index (κ2) is 8.31. The van der Waals surface area contributed by atoms with E-state index in [4.69, 9.17) is 14.3 Å². The van der Waals surface area contributed by atoms with Crippen molar-refractivity contribution in [1.82, 2.24) is 10.2 Å². The Balaban J connectivity index is 1.71. The summed E-state index contributed by atoms with van der Waals surface area (Å²) in [7, 11) is -2.24. The second-order valence-corrected chi connectivity index (χ2v) is 8.02. The number of nitrogens with one attached hydrogen (secondary N) is 1. The third kappa shape index (κ3) is 4.81. The maximum absolute atomic E-state index is 12.4. The van der Waals surface area contributed by atoms with Crippen LogP contribution < -0.4 is 9.46 Å². The molecule has 0 atom stereocenters. The molecule has 9 nitrogen and oxygen atoms in total. The molecule has 0 spiro atoms. The van der Waals surface area contributed by atoms with Gasteiger partial charge in [0.15, 0.2) is 0 Å². The van der Waals surface area contributed by atoms with Gasteiger partial charge in [-0.3, -0.25) is 9.52 Å². The van der Waals surface area contributed by atoms with Gasteiger partial charge in [-0.25, -0.2) is 8.42 Å². The molecule has 0 amide bonds. The zero-order valence-electron chi connectivity index (χ0n) is 14.5. The van der Waals surface area contributed by atoms with Crippen LogP contribution in [0, 0.1) is 0 Å². The van der Waals surface area contributed by atoms with Gasteiger partial charge in [-0.2, -0.15) is 0 Å². The first-order chi connectivity index (χ1) is 13.4. The van der Waals surface area contributed by atoms with Gasteiger partial charge in [0.1, 0.15) is 11.5 Å². The number of sulfonamides is 1. The molecule has 11 heteroatoms. The highest BCUT2D eigenvalue weighted by atomic mass is 32.2. The molecular formula is C17H15N3O6S2. The molecule has 0 aliphatic carbocycles. The monoisotopic (exact) mass is 421 g/mol. The number of nitrogens with zero attached hydrogens (tertiary/aromatic N) is 2. The molecule has 2 N–H and O–H groups in total. The Labute approximate surface area is 164 Å². The van der Waals surface area contributed by atoms with Crippen LogP contribution in [0.3, 0.4) is 0 Å². The molecule has 2 aromatic carbocycles. The number of carboxylic acids is 1. The minimum absolute atomic E-state index is 0.106. The van der Waals surface area contributed by atoms with Gasteiger partial charge in [0.25, 0.3) is 15.2 Å². The second-order valence-electron chi connectivity index (χ2n) is 5.41. The molecule has 0 aliphatic rings. The molecule has 3 aromatic rings. The van der Waals surface area contributed by atoms with Gasteiger partial charge < -0.3 is 14.3 Å². The standard InChI is InChI=1S/C17H15N3O6S2/c1-25-13-6-8-14(9-7-13)28(23,24)20-12-4-2-11(3-5-12)16-18-19-17(26-16)27-10-15(21)22/h2-9,20H,10H2,1H3,(H,21,22). The largest absolute Gasteiger partial charge is 0.497 e. The lowest BCUT2D eigenvalue weighted by Crippen LogP contribution is -2.12. The first-order valence-corrected chi connectivity index (χ1v) is 10.3. The summed E-state index contributed by atoms with van der Waals surface area (Å²) in [4.78, 5) is 10.7. The zero-order chi connectivity index (χ0) is 20.1.